The summed E-state index contributed by atoms with van der Waals surface area (Å²) in [6, 6.07) is 7.11. The van der Waals surface area contributed by atoms with Crippen LogP contribution in [0.1, 0.15) is 18.6 Å². The van der Waals surface area contributed by atoms with Gasteiger partial charge in [-0.3, -0.25) is 0 Å². The number of hydrogen-bond donors (Lipinski definition) is 1. The number of ether oxygens (including phenoxy) is 1. The van der Waals surface area contributed by atoms with Gasteiger partial charge in [-0.25, -0.2) is 4.39 Å². The third-order valence-corrected chi connectivity index (χ3v) is 3.64. The Morgan fingerprint density at radius 2 is 1.70 bits per heavy atom. The molecule has 0 spiro atoms. The van der Waals surface area contributed by atoms with Crippen LogP contribution in [0.4, 0.5) is 4.39 Å². The van der Waals surface area contributed by atoms with Crippen LogP contribution >= 0.6 is 34.8 Å². The predicted octanol–water partition coefficient (Wildman–Crippen LogP) is 5.63. The van der Waals surface area contributed by atoms with E-state index in [2.05, 4.69) is 0 Å². The lowest BCUT2D eigenvalue weighted by Crippen LogP contribution is -2.00. The van der Waals surface area contributed by atoms with Crippen molar-refractivity contribution in [1.29, 1.82) is 0 Å². The van der Waals surface area contributed by atoms with Crippen LogP contribution in [-0.4, -0.2) is 5.11 Å². The molecule has 0 aliphatic carbocycles. The summed E-state index contributed by atoms with van der Waals surface area (Å²) in [4.78, 5) is 0. The van der Waals surface area contributed by atoms with Crippen molar-refractivity contribution in [3.05, 3.63) is 56.8 Å². The molecule has 2 aromatic carbocycles. The minimum absolute atomic E-state index is 0.0506. The Morgan fingerprint density at radius 3 is 2.35 bits per heavy atom. The number of aliphatic hydroxyl groups excluding tert-OH is 1. The first-order chi connectivity index (χ1) is 9.40. The average molecular weight is 336 g/mol. The molecule has 0 radical (unpaired) electrons. The third-order valence-electron chi connectivity index (χ3n) is 2.63. The highest BCUT2D eigenvalue weighted by atomic mass is 35.5. The Kier molecular flexibility index (Phi) is 4.76. The highest BCUT2D eigenvalue weighted by molar-refractivity contribution is 6.43. The van der Waals surface area contributed by atoms with E-state index in [4.69, 9.17) is 39.5 Å². The molecule has 20 heavy (non-hydrogen) atoms. The Hall–Kier alpha value is -1.000. The zero-order chi connectivity index (χ0) is 14.9. The highest BCUT2D eigenvalue weighted by Crippen LogP contribution is 2.38. The fourth-order valence-electron chi connectivity index (χ4n) is 1.71. The lowest BCUT2D eigenvalue weighted by Gasteiger charge is -2.15. The van der Waals surface area contributed by atoms with Crippen molar-refractivity contribution in [3.63, 3.8) is 0 Å². The molecule has 0 saturated carbocycles. The molecule has 6 heteroatoms. The van der Waals surface area contributed by atoms with Crippen LogP contribution in [0.2, 0.25) is 15.1 Å². The Labute approximate surface area is 130 Å². The van der Waals surface area contributed by atoms with Crippen molar-refractivity contribution in [2.24, 2.45) is 0 Å². The zero-order valence-corrected chi connectivity index (χ0v) is 12.6. The molecule has 0 heterocycles. The number of benzene rings is 2. The summed E-state index contributed by atoms with van der Waals surface area (Å²) in [6.07, 6.45) is -1.02. The first kappa shape index (κ1) is 15.4. The van der Waals surface area contributed by atoms with E-state index >= 15 is 0 Å². The van der Waals surface area contributed by atoms with Gasteiger partial charge in [0.1, 0.15) is 17.3 Å². The second kappa shape index (κ2) is 6.19. The van der Waals surface area contributed by atoms with Crippen molar-refractivity contribution in [2.45, 2.75) is 13.0 Å². The molecular formula is C14H10Cl3FO2. The van der Waals surface area contributed by atoms with Crippen LogP contribution in [0.25, 0.3) is 0 Å². The van der Waals surface area contributed by atoms with Gasteiger partial charge in [0.25, 0.3) is 0 Å². The minimum Gasteiger partial charge on any atom is -0.455 e. The van der Waals surface area contributed by atoms with E-state index in [1.54, 1.807) is 0 Å². The van der Waals surface area contributed by atoms with E-state index in [0.717, 1.165) is 0 Å². The summed E-state index contributed by atoms with van der Waals surface area (Å²) < 4.78 is 19.3. The third kappa shape index (κ3) is 3.18. The molecule has 0 bridgehead atoms. The quantitative estimate of drug-likeness (QED) is 0.736. The van der Waals surface area contributed by atoms with E-state index in [-0.39, 0.29) is 27.1 Å². The smallest absolute Gasteiger partial charge is 0.147 e. The standard InChI is InChI=1S/C14H10Cl3FO2/c1-7(19)14-11(18)3-2-4-12(14)20-13-6-9(16)8(15)5-10(13)17/h2-7,19H,1H3/t7-/m1/s1. The van der Waals surface area contributed by atoms with E-state index in [1.807, 2.05) is 0 Å². The minimum atomic E-state index is -1.02. The van der Waals surface area contributed by atoms with Gasteiger partial charge in [-0.05, 0) is 25.1 Å². The molecule has 0 aromatic heterocycles. The summed E-state index contributed by atoms with van der Waals surface area (Å²) in [5, 5.41) is 10.4. The van der Waals surface area contributed by atoms with Crippen molar-refractivity contribution < 1.29 is 14.2 Å². The Morgan fingerprint density at radius 1 is 1.05 bits per heavy atom. The van der Waals surface area contributed by atoms with Gasteiger partial charge in [-0.2, -0.15) is 0 Å². The normalized spacial score (nSPS) is 12.3. The zero-order valence-electron chi connectivity index (χ0n) is 10.3. The fraction of sp³-hybridized carbons (Fsp3) is 0.143. The van der Waals surface area contributed by atoms with Crippen LogP contribution in [0.3, 0.4) is 0 Å². The molecule has 1 atom stereocenters. The van der Waals surface area contributed by atoms with Crippen LogP contribution in [0, 0.1) is 5.82 Å². The molecule has 0 unspecified atom stereocenters. The Bertz CT molecular complexity index is 645. The van der Waals surface area contributed by atoms with E-state index in [1.165, 1.54) is 37.3 Å². The van der Waals surface area contributed by atoms with E-state index < -0.39 is 11.9 Å². The SMILES string of the molecule is C[C@@H](O)c1c(F)cccc1Oc1cc(Cl)c(Cl)cc1Cl. The van der Waals surface area contributed by atoms with Crippen molar-refractivity contribution in [3.8, 4) is 11.5 Å². The number of halogens is 4. The molecule has 0 saturated heterocycles. The molecule has 2 nitrogen and oxygen atoms in total. The van der Waals surface area contributed by atoms with Gasteiger partial charge >= 0.3 is 0 Å². The first-order valence-electron chi connectivity index (χ1n) is 5.69. The lowest BCUT2D eigenvalue weighted by atomic mass is 10.1. The average Bonchev–Trinajstić information content (AvgIpc) is 2.35. The second-order valence-corrected chi connectivity index (χ2v) is 5.35. The largest absolute Gasteiger partial charge is 0.455 e. The van der Waals surface area contributed by atoms with Crippen molar-refractivity contribution in [1.82, 2.24) is 0 Å². The summed E-state index contributed by atoms with van der Waals surface area (Å²) in [5.41, 5.74) is 0.0506. The van der Waals surface area contributed by atoms with Gasteiger partial charge in [0, 0.05) is 6.07 Å². The number of aliphatic hydroxyl groups is 1. The maximum Gasteiger partial charge on any atom is 0.147 e. The van der Waals surface area contributed by atoms with Crippen LogP contribution in [0.15, 0.2) is 30.3 Å². The summed E-state index contributed by atoms with van der Waals surface area (Å²) in [7, 11) is 0. The lowest BCUT2D eigenvalue weighted by molar-refractivity contribution is 0.190. The van der Waals surface area contributed by atoms with Crippen LogP contribution in [-0.2, 0) is 0 Å². The maximum atomic E-state index is 13.7. The van der Waals surface area contributed by atoms with Gasteiger partial charge in [0.2, 0.25) is 0 Å². The predicted molar refractivity (Wildman–Crippen MR) is 78.6 cm³/mol. The molecule has 0 amide bonds. The van der Waals surface area contributed by atoms with Crippen molar-refractivity contribution in [2.75, 3.05) is 0 Å². The number of hydrogen-bond acceptors (Lipinski definition) is 2. The highest BCUT2D eigenvalue weighted by Gasteiger charge is 2.17. The Balaban J connectivity index is 2.45. The molecular weight excluding hydrogens is 326 g/mol. The van der Waals surface area contributed by atoms with Gasteiger partial charge in [-0.1, -0.05) is 40.9 Å². The van der Waals surface area contributed by atoms with Gasteiger partial charge in [-0.15, -0.1) is 0 Å². The van der Waals surface area contributed by atoms with E-state index in [0.29, 0.717) is 5.02 Å². The van der Waals surface area contributed by atoms with Gasteiger partial charge in [0.15, 0.2) is 0 Å². The number of rotatable bonds is 3. The monoisotopic (exact) mass is 334 g/mol. The molecule has 2 aromatic rings. The topological polar surface area (TPSA) is 29.5 Å². The first-order valence-corrected chi connectivity index (χ1v) is 6.82. The fourth-order valence-corrected chi connectivity index (χ4v) is 2.29. The van der Waals surface area contributed by atoms with Crippen LogP contribution in [0.5, 0.6) is 11.5 Å². The van der Waals surface area contributed by atoms with Gasteiger partial charge in [0.05, 0.1) is 26.7 Å². The molecule has 106 valence electrons. The van der Waals surface area contributed by atoms with E-state index in [9.17, 15) is 9.50 Å². The molecule has 0 aliphatic rings. The van der Waals surface area contributed by atoms with Gasteiger partial charge < -0.3 is 9.84 Å². The molecule has 1 N–H and O–H groups in total. The molecule has 0 aliphatic heterocycles. The van der Waals surface area contributed by atoms with Crippen LogP contribution < -0.4 is 4.74 Å². The van der Waals surface area contributed by atoms with Crippen molar-refractivity contribution >= 4 is 34.8 Å². The maximum absolute atomic E-state index is 13.7. The molecule has 0 fully saturated rings. The second-order valence-electron chi connectivity index (χ2n) is 4.13. The summed E-state index contributed by atoms with van der Waals surface area (Å²) in [5.74, 6) is -0.164. The summed E-state index contributed by atoms with van der Waals surface area (Å²) in [6.45, 7) is 1.45. The summed E-state index contributed by atoms with van der Waals surface area (Å²) >= 11 is 17.7. The molecule has 2 rings (SSSR count).